The van der Waals surface area contributed by atoms with E-state index in [2.05, 4.69) is 15.4 Å². The van der Waals surface area contributed by atoms with Crippen LogP contribution in [0.2, 0.25) is 0 Å². The first-order valence-corrected chi connectivity index (χ1v) is 8.44. The molecule has 12 heteroatoms. The van der Waals surface area contributed by atoms with Crippen LogP contribution in [0.3, 0.4) is 0 Å². The zero-order valence-corrected chi connectivity index (χ0v) is 13.9. The molecule has 0 aromatic carbocycles. The van der Waals surface area contributed by atoms with Gasteiger partial charge in [-0.15, -0.1) is 0 Å². The summed E-state index contributed by atoms with van der Waals surface area (Å²) < 4.78 is 62.3. The molecule has 0 aliphatic carbocycles. The summed E-state index contributed by atoms with van der Waals surface area (Å²) in [4.78, 5) is 15.9. The van der Waals surface area contributed by atoms with Crippen molar-refractivity contribution in [3.05, 3.63) is 35.3 Å². The third kappa shape index (κ3) is 3.96. The van der Waals surface area contributed by atoms with Crippen LogP contribution in [0.15, 0.2) is 23.4 Å². The smallest absolute Gasteiger partial charge is 0.321 e. The Labute approximate surface area is 140 Å². The van der Waals surface area contributed by atoms with E-state index in [1.807, 2.05) is 0 Å². The van der Waals surface area contributed by atoms with Crippen molar-refractivity contribution in [3.8, 4) is 0 Å². The first-order valence-electron chi connectivity index (χ1n) is 6.90. The molecule has 2 rings (SSSR count). The molecule has 0 atom stereocenters. The number of rotatable bonds is 4. The van der Waals surface area contributed by atoms with Gasteiger partial charge >= 0.3 is 6.18 Å². The fourth-order valence-corrected chi connectivity index (χ4v) is 2.67. The Morgan fingerprint density at radius 2 is 2.04 bits per heavy atom. The van der Waals surface area contributed by atoms with Gasteiger partial charge in [-0.3, -0.25) is 9.48 Å². The molecular formula is C13H14F3N5O3S. The van der Waals surface area contributed by atoms with Gasteiger partial charge in [0.1, 0.15) is 5.69 Å². The summed E-state index contributed by atoms with van der Waals surface area (Å²) in [5, 5.41) is 10.2. The van der Waals surface area contributed by atoms with Crippen molar-refractivity contribution < 1.29 is 26.4 Å². The minimum atomic E-state index is -4.70. The second kappa shape index (κ2) is 6.44. The lowest BCUT2D eigenvalue weighted by molar-refractivity contribution is -0.141. The number of pyridine rings is 1. The van der Waals surface area contributed by atoms with Gasteiger partial charge in [0.15, 0.2) is 10.7 Å². The van der Waals surface area contributed by atoms with Crippen LogP contribution in [0.5, 0.6) is 0 Å². The van der Waals surface area contributed by atoms with E-state index in [9.17, 15) is 26.4 Å². The summed E-state index contributed by atoms with van der Waals surface area (Å²) >= 11 is 0. The van der Waals surface area contributed by atoms with Gasteiger partial charge in [-0.1, -0.05) is 0 Å². The highest BCUT2D eigenvalue weighted by Gasteiger charge is 2.38. The van der Waals surface area contributed by atoms with Crippen LogP contribution in [0, 0.1) is 6.92 Å². The first kappa shape index (κ1) is 18.9. The van der Waals surface area contributed by atoms with Crippen LogP contribution >= 0.6 is 0 Å². The highest BCUT2D eigenvalue weighted by molar-refractivity contribution is 7.89. The molecule has 3 N–H and O–H groups in total. The third-order valence-electron chi connectivity index (χ3n) is 3.26. The molecule has 0 saturated carbocycles. The molecule has 136 valence electrons. The number of hydrogen-bond donors (Lipinski definition) is 2. The van der Waals surface area contributed by atoms with E-state index in [-0.39, 0.29) is 23.5 Å². The molecule has 0 aliphatic rings. The topological polar surface area (TPSA) is 120 Å². The summed E-state index contributed by atoms with van der Waals surface area (Å²) in [6.45, 7) is 2.71. The van der Waals surface area contributed by atoms with E-state index in [4.69, 9.17) is 5.14 Å². The largest absolute Gasteiger partial charge is 0.435 e. The standard InChI is InChI=1S/C13H14F3N5O3S/c1-3-21-10(7(2)11(20-21)13(14,15)16)12(22)19-8-4-5-18-9(6-8)25(17,23)24/h4-6H,3H2,1-2H3,(H2,17,23,24)(H,18,19,22). The van der Waals surface area contributed by atoms with Gasteiger partial charge in [0.25, 0.3) is 15.9 Å². The van der Waals surface area contributed by atoms with Crippen molar-refractivity contribution in [2.45, 2.75) is 31.6 Å². The second-order valence-corrected chi connectivity index (χ2v) is 6.53. The number of anilines is 1. The van der Waals surface area contributed by atoms with Crippen molar-refractivity contribution in [2.24, 2.45) is 5.14 Å². The first-order chi connectivity index (χ1) is 11.4. The molecule has 8 nitrogen and oxygen atoms in total. The molecule has 0 unspecified atom stereocenters. The van der Waals surface area contributed by atoms with Crippen LogP contribution in [0.1, 0.15) is 28.7 Å². The van der Waals surface area contributed by atoms with Crippen LogP contribution in [0.4, 0.5) is 18.9 Å². The summed E-state index contributed by atoms with van der Waals surface area (Å²) in [5.74, 6) is -0.867. The summed E-state index contributed by atoms with van der Waals surface area (Å²) in [6, 6.07) is 2.28. The van der Waals surface area contributed by atoms with Crippen LogP contribution < -0.4 is 10.5 Å². The number of carbonyl (C=O) groups excluding carboxylic acids is 1. The number of halogens is 3. The van der Waals surface area contributed by atoms with Gasteiger partial charge in [0.2, 0.25) is 0 Å². The number of nitrogens with two attached hydrogens (primary N) is 1. The highest BCUT2D eigenvalue weighted by Crippen LogP contribution is 2.32. The minimum absolute atomic E-state index is 0.0147. The van der Waals surface area contributed by atoms with Crippen LogP contribution in [-0.2, 0) is 22.7 Å². The van der Waals surface area contributed by atoms with Crippen LogP contribution in [0.25, 0.3) is 0 Å². The molecule has 0 spiro atoms. The lowest BCUT2D eigenvalue weighted by Crippen LogP contribution is -2.19. The number of alkyl halides is 3. The normalized spacial score (nSPS) is 12.2. The predicted octanol–water partition coefficient (Wildman–Crippen LogP) is 1.52. The molecule has 2 aromatic rings. The molecule has 2 heterocycles. The van der Waals surface area contributed by atoms with E-state index in [1.165, 1.54) is 13.0 Å². The number of nitrogens with one attached hydrogen (secondary N) is 1. The molecule has 1 amide bonds. The molecule has 0 radical (unpaired) electrons. The molecule has 0 bridgehead atoms. The predicted molar refractivity (Wildman–Crippen MR) is 81.2 cm³/mol. The van der Waals surface area contributed by atoms with E-state index in [1.54, 1.807) is 0 Å². The van der Waals surface area contributed by atoms with E-state index in [0.717, 1.165) is 23.9 Å². The monoisotopic (exact) mass is 377 g/mol. The summed E-state index contributed by atoms with van der Waals surface area (Å²) in [7, 11) is -4.09. The van der Waals surface area contributed by atoms with Crippen molar-refractivity contribution in [1.29, 1.82) is 0 Å². The number of aromatic nitrogens is 3. The minimum Gasteiger partial charge on any atom is -0.321 e. The lowest BCUT2D eigenvalue weighted by Gasteiger charge is -2.08. The van der Waals surface area contributed by atoms with E-state index in [0.29, 0.717) is 0 Å². The molecule has 0 aliphatic heterocycles. The average Bonchev–Trinajstić information content (AvgIpc) is 2.83. The van der Waals surface area contributed by atoms with Crippen molar-refractivity contribution >= 4 is 21.6 Å². The van der Waals surface area contributed by atoms with E-state index < -0.39 is 32.8 Å². The highest BCUT2D eigenvalue weighted by atomic mass is 32.2. The Morgan fingerprint density at radius 3 is 2.56 bits per heavy atom. The maximum atomic E-state index is 13.0. The average molecular weight is 377 g/mol. The van der Waals surface area contributed by atoms with Gasteiger partial charge in [0, 0.05) is 30.1 Å². The fourth-order valence-electron chi connectivity index (χ4n) is 2.17. The molecule has 25 heavy (non-hydrogen) atoms. The number of nitrogens with zero attached hydrogens (tertiary/aromatic N) is 3. The molecular weight excluding hydrogens is 363 g/mol. The Hall–Kier alpha value is -2.47. The number of sulfonamides is 1. The quantitative estimate of drug-likeness (QED) is 0.837. The third-order valence-corrected chi connectivity index (χ3v) is 4.06. The van der Waals surface area contributed by atoms with Crippen LogP contribution in [-0.4, -0.2) is 29.1 Å². The van der Waals surface area contributed by atoms with Gasteiger partial charge < -0.3 is 5.32 Å². The molecule has 2 aromatic heterocycles. The van der Waals surface area contributed by atoms with Gasteiger partial charge in [-0.25, -0.2) is 18.5 Å². The van der Waals surface area contributed by atoms with Gasteiger partial charge in [-0.05, 0) is 19.9 Å². The summed E-state index contributed by atoms with van der Waals surface area (Å²) in [5.41, 5.74) is -1.74. The van der Waals surface area contributed by atoms with Crippen molar-refractivity contribution in [1.82, 2.24) is 14.8 Å². The van der Waals surface area contributed by atoms with Crippen molar-refractivity contribution in [2.75, 3.05) is 5.32 Å². The summed E-state index contributed by atoms with van der Waals surface area (Å²) in [6.07, 6.45) is -3.60. The lowest BCUT2D eigenvalue weighted by atomic mass is 10.2. The second-order valence-electron chi connectivity index (χ2n) is 5.02. The maximum absolute atomic E-state index is 13.0. The Bertz CT molecular complexity index is 921. The number of hydrogen-bond acceptors (Lipinski definition) is 5. The Morgan fingerprint density at radius 1 is 1.40 bits per heavy atom. The van der Waals surface area contributed by atoms with Gasteiger partial charge in [0.05, 0.1) is 0 Å². The van der Waals surface area contributed by atoms with E-state index >= 15 is 0 Å². The maximum Gasteiger partial charge on any atom is 0.435 e. The Balaban J connectivity index is 2.41. The molecule has 0 fully saturated rings. The Kier molecular flexibility index (Phi) is 4.86. The number of primary sulfonamides is 1. The van der Waals surface area contributed by atoms with Gasteiger partial charge in [-0.2, -0.15) is 18.3 Å². The van der Waals surface area contributed by atoms with Crippen molar-refractivity contribution in [3.63, 3.8) is 0 Å². The zero-order chi connectivity index (χ0) is 19.0. The number of amides is 1. The number of aryl methyl sites for hydroxylation is 1. The fraction of sp³-hybridized carbons (Fsp3) is 0.308. The SMILES string of the molecule is CCn1nc(C(F)(F)F)c(C)c1C(=O)Nc1ccnc(S(N)(=O)=O)c1. The molecule has 0 saturated heterocycles. The zero-order valence-electron chi connectivity index (χ0n) is 13.1. The number of carbonyl (C=O) groups is 1.